The van der Waals surface area contributed by atoms with Crippen molar-refractivity contribution < 1.29 is 22.8 Å². The molecule has 0 radical (unpaired) electrons. The molecule has 0 spiro atoms. The number of rotatable bonds is 3. The molecule has 0 saturated carbocycles. The highest BCUT2D eigenvalue weighted by Gasteiger charge is 2.41. The maximum Gasteiger partial charge on any atom is 0.471 e. The number of likely N-dealkylation sites (N-methyl/N-ethyl adjacent to an activating group) is 2. The maximum atomic E-state index is 11.8. The van der Waals surface area contributed by atoms with E-state index in [1.807, 2.05) is 0 Å². The van der Waals surface area contributed by atoms with Gasteiger partial charge in [-0.05, 0) is 6.92 Å². The molecule has 0 fully saturated rings. The van der Waals surface area contributed by atoms with Crippen LogP contribution in [-0.4, -0.2) is 43.0 Å². The molecule has 0 bridgehead atoms. The Morgan fingerprint density at radius 2 is 1.86 bits per heavy atom. The first-order valence-corrected chi connectivity index (χ1v) is 3.88. The van der Waals surface area contributed by atoms with E-state index in [0.29, 0.717) is 11.4 Å². The van der Waals surface area contributed by atoms with E-state index in [1.165, 1.54) is 0 Å². The Bertz CT molecular complexity index is 227. The molecule has 4 nitrogen and oxygen atoms in total. The number of hydrogen-bond acceptors (Lipinski definition) is 2. The number of carbonyl (C=O) groups is 2. The molecule has 0 aliphatic carbocycles. The second-order valence-electron chi connectivity index (χ2n) is 2.61. The zero-order chi connectivity index (χ0) is 11.4. The van der Waals surface area contributed by atoms with Gasteiger partial charge in [0, 0.05) is 13.6 Å². The minimum absolute atomic E-state index is 0.312. The van der Waals surface area contributed by atoms with Crippen molar-refractivity contribution in [1.82, 2.24) is 10.2 Å². The van der Waals surface area contributed by atoms with Gasteiger partial charge in [-0.3, -0.25) is 9.59 Å². The first-order chi connectivity index (χ1) is 6.29. The van der Waals surface area contributed by atoms with Gasteiger partial charge >= 0.3 is 12.1 Å². The monoisotopic (exact) mass is 212 g/mol. The third-order valence-corrected chi connectivity index (χ3v) is 1.34. The lowest BCUT2D eigenvalue weighted by molar-refractivity contribution is -0.184. The van der Waals surface area contributed by atoms with Gasteiger partial charge in [0.15, 0.2) is 0 Å². The van der Waals surface area contributed by atoms with Crippen LogP contribution in [0.3, 0.4) is 0 Å². The molecule has 7 heteroatoms. The Morgan fingerprint density at radius 3 is 2.21 bits per heavy atom. The van der Waals surface area contributed by atoms with Crippen molar-refractivity contribution in [2.75, 3.05) is 20.1 Å². The van der Waals surface area contributed by atoms with E-state index in [9.17, 15) is 22.8 Å². The van der Waals surface area contributed by atoms with Gasteiger partial charge in [0.25, 0.3) is 0 Å². The molecular formula is C7H11F3N2O2. The molecule has 0 rings (SSSR count). The molecule has 0 heterocycles. The van der Waals surface area contributed by atoms with Gasteiger partial charge in [-0.2, -0.15) is 13.2 Å². The molecule has 0 aliphatic heterocycles. The molecule has 1 N–H and O–H groups in total. The quantitative estimate of drug-likeness (QED) is 0.723. The van der Waals surface area contributed by atoms with Crippen LogP contribution in [0.15, 0.2) is 0 Å². The third-order valence-electron chi connectivity index (χ3n) is 1.34. The lowest BCUT2D eigenvalue weighted by Gasteiger charge is -2.17. The first-order valence-electron chi connectivity index (χ1n) is 3.88. The molecule has 0 unspecified atom stereocenters. The fourth-order valence-corrected chi connectivity index (χ4v) is 0.757. The van der Waals surface area contributed by atoms with E-state index in [0.717, 1.165) is 7.05 Å². The lowest BCUT2D eigenvalue weighted by Crippen LogP contribution is -2.44. The van der Waals surface area contributed by atoms with Crippen LogP contribution < -0.4 is 5.32 Å². The topological polar surface area (TPSA) is 49.4 Å². The maximum absolute atomic E-state index is 11.8. The Kier molecular flexibility index (Phi) is 4.39. The normalized spacial score (nSPS) is 10.9. The molecule has 0 aromatic heterocycles. The van der Waals surface area contributed by atoms with Crippen LogP contribution in [-0.2, 0) is 9.59 Å². The van der Waals surface area contributed by atoms with E-state index in [-0.39, 0.29) is 0 Å². The predicted molar refractivity (Wildman–Crippen MR) is 42.4 cm³/mol. The number of nitrogens with zero attached hydrogens (tertiary/aromatic N) is 1. The van der Waals surface area contributed by atoms with Crippen molar-refractivity contribution in [3.05, 3.63) is 0 Å². The molecule has 0 aromatic rings. The summed E-state index contributed by atoms with van der Waals surface area (Å²) in [6.07, 6.45) is -4.93. The molecule has 0 aromatic carbocycles. The summed E-state index contributed by atoms with van der Waals surface area (Å²) in [5.41, 5.74) is 0. The summed E-state index contributed by atoms with van der Waals surface area (Å²) < 4.78 is 35.4. The number of halogens is 3. The standard InChI is InChI=1S/C7H11F3N2O2/c1-3-11-5(13)4-12(2)6(14)7(8,9)10/h3-4H2,1-2H3,(H,11,13). The molecule has 0 aliphatic rings. The summed E-state index contributed by atoms with van der Waals surface area (Å²) >= 11 is 0. The SMILES string of the molecule is CCNC(=O)CN(C)C(=O)C(F)(F)F. The minimum atomic E-state index is -4.93. The van der Waals surface area contributed by atoms with E-state index < -0.39 is 24.5 Å². The largest absolute Gasteiger partial charge is 0.471 e. The molecule has 82 valence electrons. The van der Waals surface area contributed by atoms with Crippen molar-refractivity contribution in [3.63, 3.8) is 0 Å². The molecule has 2 amide bonds. The van der Waals surface area contributed by atoms with Crippen molar-refractivity contribution in [3.8, 4) is 0 Å². The van der Waals surface area contributed by atoms with Gasteiger partial charge in [0.2, 0.25) is 5.91 Å². The van der Waals surface area contributed by atoms with Crippen LogP contribution in [0.2, 0.25) is 0 Å². The first kappa shape index (κ1) is 12.7. The molecule has 0 saturated heterocycles. The van der Waals surface area contributed by atoms with Crippen molar-refractivity contribution in [2.24, 2.45) is 0 Å². The summed E-state index contributed by atoms with van der Waals surface area (Å²) in [5.74, 6) is -2.64. The highest BCUT2D eigenvalue weighted by molar-refractivity contribution is 5.87. The number of amides is 2. The average Bonchev–Trinajstić information content (AvgIpc) is 2.01. The predicted octanol–water partition coefficient (Wildman–Crippen LogP) is 0.143. The number of nitrogens with one attached hydrogen (secondary N) is 1. The summed E-state index contributed by atoms with van der Waals surface area (Å²) in [7, 11) is 0.922. The zero-order valence-electron chi connectivity index (χ0n) is 7.81. The van der Waals surface area contributed by atoms with Gasteiger partial charge in [0.05, 0.1) is 6.54 Å². The Balaban J connectivity index is 4.15. The molecular weight excluding hydrogens is 201 g/mol. The Labute approximate surface area is 79.1 Å². The van der Waals surface area contributed by atoms with Crippen molar-refractivity contribution in [1.29, 1.82) is 0 Å². The van der Waals surface area contributed by atoms with Gasteiger partial charge in [-0.15, -0.1) is 0 Å². The van der Waals surface area contributed by atoms with Gasteiger partial charge in [-0.1, -0.05) is 0 Å². The van der Waals surface area contributed by atoms with Crippen LogP contribution in [0.25, 0.3) is 0 Å². The van der Waals surface area contributed by atoms with Crippen LogP contribution in [0, 0.1) is 0 Å². The van der Waals surface area contributed by atoms with Crippen molar-refractivity contribution >= 4 is 11.8 Å². The van der Waals surface area contributed by atoms with Crippen LogP contribution >= 0.6 is 0 Å². The second-order valence-corrected chi connectivity index (χ2v) is 2.61. The van der Waals surface area contributed by atoms with Gasteiger partial charge in [-0.25, -0.2) is 0 Å². The fourth-order valence-electron chi connectivity index (χ4n) is 0.757. The fraction of sp³-hybridized carbons (Fsp3) is 0.714. The number of alkyl halides is 3. The lowest BCUT2D eigenvalue weighted by atomic mass is 10.4. The molecule has 0 atom stereocenters. The number of hydrogen-bond donors (Lipinski definition) is 1. The van der Waals surface area contributed by atoms with E-state index in [2.05, 4.69) is 5.32 Å². The van der Waals surface area contributed by atoms with Crippen molar-refractivity contribution in [2.45, 2.75) is 13.1 Å². The van der Waals surface area contributed by atoms with E-state index in [1.54, 1.807) is 6.92 Å². The Morgan fingerprint density at radius 1 is 1.36 bits per heavy atom. The smallest absolute Gasteiger partial charge is 0.355 e. The van der Waals surface area contributed by atoms with Gasteiger partial charge < -0.3 is 10.2 Å². The minimum Gasteiger partial charge on any atom is -0.355 e. The van der Waals surface area contributed by atoms with Crippen LogP contribution in [0.4, 0.5) is 13.2 Å². The average molecular weight is 212 g/mol. The molecule has 14 heavy (non-hydrogen) atoms. The summed E-state index contributed by atoms with van der Waals surface area (Å²) in [5, 5.41) is 2.28. The summed E-state index contributed by atoms with van der Waals surface area (Å²) in [4.78, 5) is 21.7. The summed E-state index contributed by atoms with van der Waals surface area (Å²) in [6.45, 7) is 1.35. The zero-order valence-corrected chi connectivity index (χ0v) is 7.81. The van der Waals surface area contributed by atoms with E-state index in [4.69, 9.17) is 0 Å². The third kappa shape index (κ3) is 4.11. The Hall–Kier alpha value is -1.27. The van der Waals surface area contributed by atoms with E-state index >= 15 is 0 Å². The second kappa shape index (κ2) is 4.83. The highest BCUT2D eigenvalue weighted by Crippen LogP contribution is 2.17. The number of carbonyl (C=O) groups excluding carboxylic acids is 2. The van der Waals surface area contributed by atoms with Crippen LogP contribution in [0.5, 0.6) is 0 Å². The van der Waals surface area contributed by atoms with Crippen LogP contribution in [0.1, 0.15) is 6.92 Å². The summed E-state index contributed by atoms with van der Waals surface area (Å²) in [6, 6.07) is 0. The highest BCUT2D eigenvalue weighted by atomic mass is 19.4. The van der Waals surface area contributed by atoms with Gasteiger partial charge in [0.1, 0.15) is 0 Å².